The zero-order valence-electron chi connectivity index (χ0n) is 25.3. The van der Waals surface area contributed by atoms with Gasteiger partial charge in [-0.15, -0.1) is 11.8 Å². The third-order valence-electron chi connectivity index (χ3n) is 6.84. The molecule has 1 aliphatic heterocycles. The van der Waals surface area contributed by atoms with Crippen molar-refractivity contribution in [1.29, 1.82) is 0 Å². The first-order valence-corrected chi connectivity index (χ1v) is 15.3. The second kappa shape index (κ2) is 14.6. The lowest BCUT2D eigenvalue weighted by atomic mass is 10.0. The first-order valence-electron chi connectivity index (χ1n) is 14.3. The van der Waals surface area contributed by atoms with E-state index in [4.69, 9.17) is 9.47 Å². The van der Waals surface area contributed by atoms with Crippen LogP contribution in [0.15, 0.2) is 72.8 Å². The molecule has 1 aliphatic rings. The minimum Gasteiger partial charge on any atom is -0.460 e. The average Bonchev–Trinajstić information content (AvgIpc) is 3.45. The maximum absolute atomic E-state index is 14.8. The van der Waals surface area contributed by atoms with Crippen LogP contribution in [0.2, 0.25) is 0 Å². The van der Waals surface area contributed by atoms with Gasteiger partial charge in [0.2, 0.25) is 5.91 Å². The molecule has 4 rings (SSSR count). The highest BCUT2D eigenvalue weighted by molar-refractivity contribution is 7.99. The molecule has 2 N–H and O–H groups in total. The fourth-order valence-corrected chi connectivity index (χ4v) is 6.06. The molecule has 3 aromatic rings. The highest BCUT2D eigenvalue weighted by atomic mass is 32.2. The van der Waals surface area contributed by atoms with Crippen LogP contribution in [0.25, 0.3) is 0 Å². The molecular weight excluding hydrogens is 604 g/mol. The van der Waals surface area contributed by atoms with Crippen molar-refractivity contribution < 1.29 is 37.4 Å². The summed E-state index contributed by atoms with van der Waals surface area (Å²) in [6.45, 7) is 6.32. The molecule has 0 aliphatic carbocycles. The number of urea groups is 1. The third kappa shape index (κ3) is 8.81. The van der Waals surface area contributed by atoms with Crippen LogP contribution in [-0.4, -0.2) is 52.7 Å². The zero-order chi connectivity index (χ0) is 32.7. The van der Waals surface area contributed by atoms with E-state index in [-0.39, 0.29) is 17.9 Å². The number of rotatable bonds is 9. The highest BCUT2D eigenvalue weighted by Gasteiger charge is 2.45. The van der Waals surface area contributed by atoms with Gasteiger partial charge in [0.25, 0.3) is 0 Å². The van der Waals surface area contributed by atoms with E-state index in [1.807, 2.05) is 30.3 Å². The van der Waals surface area contributed by atoms with Crippen molar-refractivity contribution in [1.82, 2.24) is 10.2 Å². The summed E-state index contributed by atoms with van der Waals surface area (Å²) in [7, 11) is 0. The number of hydrogen-bond acceptors (Lipinski definition) is 7. The van der Waals surface area contributed by atoms with Gasteiger partial charge in [0.15, 0.2) is 11.6 Å². The molecule has 0 bridgehead atoms. The predicted octanol–water partition coefficient (Wildman–Crippen LogP) is 5.92. The van der Waals surface area contributed by atoms with Crippen molar-refractivity contribution in [2.75, 3.05) is 17.6 Å². The van der Waals surface area contributed by atoms with Crippen LogP contribution in [0.3, 0.4) is 0 Å². The van der Waals surface area contributed by atoms with E-state index in [9.17, 15) is 28.0 Å². The normalized spacial score (nSPS) is 16.9. The van der Waals surface area contributed by atoms with Gasteiger partial charge in [0.1, 0.15) is 23.6 Å². The van der Waals surface area contributed by atoms with Crippen LogP contribution < -0.4 is 10.6 Å². The lowest BCUT2D eigenvalue weighted by Crippen LogP contribution is -2.49. The van der Waals surface area contributed by atoms with Gasteiger partial charge in [-0.3, -0.25) is 9.59 Å². The molecule has 12 heteroatoms. The van der Waals surface area contributed by atoms with E-state index >= 15 is 0 Å². The maximum Gasteiger partial charge on any atom is 0.330 e. The van der Waals surface area contributed by atoms with E-state index < -0.39 is 65.0 Å². The number of halogens is 2. The monoisotopic (exact) mass is 639 g/mol. The Morgan fingerprint density at radius 1 is 1.00 bits per heavy atom. The Hall–Kier alpha value is -4.45. The molecule has 0 spiro atoms. The van der Waals surface area contributed by atoms with E-state index in [0.29, 0.717) is 11.3 Å². The predicted molar refractivity (Wildman–Crippen MR) is 166 cm³/mol. The lowest BCUT2D eigenvalue weighted by molar-refractivity contribution is -0.163. The maximum atomic E-state index is 14.8. The van der Waals surface area contributed by atoms with E-state index in [0.717, 1.165) is 28.3 Å². The number of carbonyl (C=O) groups is 4. The second-order valence-electron chi connectivity index (χ2n) is 11.4. The molecule has 3 amide bonds. The van der Waals surface area contributed by atoms with Gasteiger partial charge in [-0.05, 0) is 57.0 Å². The molecule has 1 saturated heterocycles. The van der Waals surface area contributed by atoms with Crippen LogP contribution in [0.4, 0.5) is 19.3 Å². The van der Waals surface area contributed by atoms with Crippen LogP contribution in [0.5, 0.6) is 0 Å². The van der Waals surface area contributed by atoms with E-state index in [2.05, 4.69) is 10.6 Å². The van der Waals surface area contributed by atoms with Gasteiger partial charge < -0.3 is 25.0 Å². The Bertz CT molecular complexity index is 1550. The summed E-state index contributed by atoms with van der Waals surface area (Å²) in [4.78, 5) is 53.0. The molecule has 45 heavy (non-hydrogen) atoms. The van der Waals surface area contributed by atoms with E-state index in [1.165, 1.54) is 12.1 Å². The molecule has 0 radical (unpaired) electrons. The fourth-order valence-electron chi connectivity index (χ4n) is 4.61. The second-order valence-corrected chi connectivity index (χ2v) is 12.5. The van der Waals surface area contributed by atoms with Crippen LogP contribution in [-0.2, 0) is 30.5 Å². The largest absolute Gasteiger partial charge is 0.460 e. The summed E-state index contributed by atoms with van der Waals surface area (Å²) >= 11 is 1.09. The van der Waals surface area contributed by atoms with Gasteiger partial charge >= 0.3 is 18.0 Å². The number of nitrogens with zero attached hydrogens (tertiary/aromatic N) is 1. The molecule has 3 atom stereocenters. The van der Waals surface area contributed by atoms with Crippen molar-refractivity contribution in [3.05, 3.63) is 101 Å². The van der Waals surface area contributed by atoms with Crippen LogP contribution in [0.1, 0.15) is 55.7 Å². The molecule has 1 heterocycles. The molecular formula is C33H35F2N3O6S. The van der Waals surface area contributed by atoms with E-state index in [1.54, 1.807) is 52.0 Å². The Morgan fingerprint density at radius 2 is 1.71 bits per heavy atom. The number of ether oxygens (including phenoxy) is 2. The van der Waals surface area contributed by atoms with Gasteiger partial charge in [0, 0.05) is 17.0 Å². The summed E-state index contributed by atoms with van der Waals surface area (Å²) in [5, 5.41) is 4.07. The third-order valence-corrected chi connectivity index (χ3v) is 8.14. The number of amides is 3. The first kappa shape index (κ1) is 33.4. The van der Waals surface area contributed by atoms with Gasteiger partial charge in [0.05, 0.1) is 12.5 Å². The number of thioether (sulfide) groups is 1. The minimum absolute atomic E-state index is 0.0895. The van der Waals surface area contributed by atoms with Gasteiger partial charge in [-0.25, -0.2) is 18.4 Å². The van der Waals surface area contributed by atoms with Crippen LogP contribution in [0, 0.1) is 11.6 Å². The Balaban J connectivity index is 1.40. The standard InChI is InChI=1S/C33H35F2N3O6S/c1-20(30(40)43-18-21-10-6-5-7-11-21)22-12-8-13-23(16-22)37-32(42)36-17-27(39)38-26(31(41)44-33(2,3)4)19-45-29(38)24-14-9-15-25(34)28(24)35/h5-16,20,26,29H,17-19H2,1-4H3,(H2,36,37,42)/t20?,26-,29+/m0/s1. The smallest absolute Gasteiger partial charge is 0.330 e. The van der Waals surface area contributed by atoms with Gasteiger partial charge in [-0.1, -0.05) is 54.6 Å². The SMILES string of the molecule is CC(C(=O)OCc1ccccc1)c1cccc(NC(=O)NCC(=O)N2[C@@H](c3cccc(F)c3F)SC[C@H]2C(=O)OC(C)(C)C)c1. The van der Waals surface area contributed by atoms with Crippen molar-refractivity contribution in [2.45, 2.75) is 57.2 Å². The quantitative estimate of drug-likeness (QED) is 0.280. The van der Waals surface area contributed by atoms with Gasteiger partial charge in [-0.2, -0.15) is 0 Å². The molecule has 1 unspecified atom stereocenters. The summed E-state index contributed by atoms with van der Waals surface area (Å²) in [5.74, 6) is -4.55. The average molecular weight is 640 g/mol. The van der Waals surface area contributed by atoms with Crippen molar-refractivity contribution in [2.24, 2.45) is 0 Å². The first-order chi connectivity index (χ1) is 21.3. The van der Waals surface area contributed by atoms with Crippen molar-refractivity contribution in [3.63, 3.8) is 0 Å². The molecule has 238 valence electrons. The van der Waals surface area contributed by atoms with Crippen LogP contribution >= 0.6 is 11.8 Å². The number of hydrogen-bond donors (Lipinski definition) is 2. The van der Waals surface area contributed by atoms with Crippen molar-refractivity contribution >= 4 is 41.3 Å². The topological polar surface area (TPSA) is 114 Å². The number of benzene rings is 3. The highest BCUT2D eigenvalue weighted by Crippen LogP contribution is 2.43. The zero-order valence-corrected chi connectivity index (χ0v) is 26.2. The molecule has 0 saturated carbocycles. The number of esters is 2. The number of anilines is 1. The summed E-state index contributed by atoms with van der Waals surface area (Å²) in [5.41, 5.74) is 0.884. The minimum atomic E-state index is -1.12. The van der Waals surface area contributed by atoms with Crippen molar-refractivity contribution in [3.8, 4) is 0 Å². The summed E-state index contributed by atoms with van der Waals surface area (Å²) in [6, 6.07) is 17.7. The molecule has 9 nitrogen and oxygen atoms in total. The Morgan fingerprint density at radius 3 is 2.42 bits per heavy atom. The fraction of sp³-hybridized carbons (Fsp3) is 0.333. The number of nitrogens with one attached hydrogen (secondary N) is 2. The summed E-state index contributed by atoms with van der Waals surface area (Å²) in [6.07, 6.45) is 0. The summed E-state index contributed by atoms with van der Waals surface area (Å²) < 4.78 is 39.7. The Kier molecular flexibility index (Phi) is 10.8. The molecule has 1 fully saturated rings. The number of carbonyl (C=O) groups excluding carboxylic acids is 4. The molecule has 3 aromatic carbocycles. The lowest BCUT2D eigenvalue weighted by Gasteiger charge is -2.30. The Labute approximate surface area is 264 Å². The molecule has 0 aromatic heterocycles.